The first-order valence-electron chi connectivity index (χ1n) is 4.67. The molecule has 2 fully saturated rings. The van der Waals surface area contributed by atoms with Crippen LogP contribution in [0.5, 0.6) is 0 Å². The molecule has 0 radical (unpaired) electrons. The predicted molar refractivity (Wildman–Crippen MR) is 50.2 cm³/mol. The number of hydrogen-bond acceptors (Lipinski definition) is 4. The standard InChI is InChI=1S/C9H15ClO4/c1-9(2)13-6-5(4-10)12-8(11-3)7(6)14-9/h5-8H,4H2,1-3H3/t5-,6+,7-,8?/m1/s1. The first-order valence-corrected chi connectivity index (χ1v) is 5.21. The highest BCUT2D eigenvalue weighted by atomic mass is 35.5. The minimum absolute atomic E-state index is 0.118. The van der Waals surface area contributed by atoms with Gasteiger partial charge in [-0.25, -0.2) is 0 Å². The molecule has 0 saturated carbocycles. The molecule has 0 aliphatic carbocycles. The minimum Gasteiger partial charge on any atom is -0.353 e. The van der Waals surface area contributed by atoms with E-state index in [9.17, 15) is 0 Å². The molecule has 2 aliphatic rings. The Hall–Kier alpha value is 0.130. The van der Waals surface area contributed by atoms with Crippen LogP contribution in [0.25, 0.3) is 0 Å². The van der Waals surface area contributed by atoms with Crippen molar-refractivity contribution in [1.29, 1.82) is 0 Å². The number of fused-ring (bicyclic) bond motifs is 1. The molecule has 82 valence electrons. The Morgan fingerprint density at radius 1 is 1.29 bits per heavy atom. The zero-order chi connectivity index (χ0) is 10.3. The maximum Gasteiger partial charge on any atom is 0.186 e. The van der Waals surface area contributed by atoms with Crippen molar-refractivity contribution in [3.05, 3.63) is 0 Å². The number of halogens is 1. The second kappa shape index (κ2) is 3.61. The van der Waals surface area contributed by atoms with Gasteiger partial charge in [0.1, 0.15) is 18.3 Å². The van der Waals surface area contributed by atoms with Crippen LogP contribution < -0.4 is 0 Å². The summed E-state index contributed by atoms with van der Waals surface area (Å²) < 4.78 is 22.1. The van der Waals surface area contributed by atoms with Crippen molar-refractivity contribution >= 4 is 11.6 Å². The monoisotopic (exact) mass is 222 g/mol. The highest BCUT2D eigenvalue weighted by Crippen LogP contribution is 2.39. The summed E-state index contributed by atoms with van der Waals surface area (Å²) in [7, 11) is 1.59. The first kappa shape index (κ1) is 10.6. The second-order valence-electron chi connectivity index (χ2n) is 4.00. The van der Waals surface area contributed by atoms with Gasteiger partial charge in [-0.2, -0.15) is 0 Å². The van der Waals surface area contributed by atoms with Gasteiger partial charge in [0.05, 0.1) is 5.88 Å². The number of ether oxygens (including phenoxy) is 4. The SMILES string of the molecule is COC1O[C@H](CCl)[C@@H]2OC(C)(C)O[C@@H]12. The first-order chi connectivity index (χ1) is 6.57. The van der Waals surface area contributed by atoms with E-state index in [1.807, 2.05) is 13.8 Å². The maximum absolute atomic E-state index is 5.77. The van der Waals surface area contributed by atoms with Gasteiger partial charge in [0.2, 0.25) is 0 Å². The van der Waals surface area contributed by atoms with Crippen LogP contribution in [-0.4, -0.2) is 43.4 Å². The lowest BCUT2D eigenvalue weighted by Crippen LogP contribution is -2.30. The van der Waals surface area contributed by atoms with Crippen LogP contribution in [0, 0.1) is 0 Å². The Morgan fingerprint density at radius 3 is 2.50 bits per heavy atom. The van der Waals surface area contributed by atoms with Crippen LogP contribution in [0.15, 0.2) is 0 Å². The Bertz CT molecular complexity index is 201. The molecule has 14 heavy (non-hydrogen) atoms. The molecule has 4 atom stereocenters. The summed E-state index contributed by atoms with van der Waals surface area (Å²) in [5.74, 6) is -0.180. The van der Waals surface area contributed by atoms with E-state index >= 15 is 0 Å². The van der Waals surface area contributed by atoms with Gasteiger partial charge >= 0.3 is 0 Å². The van der Waals surface area contributed by atoms with Crippen molar-refractivity contribution in [2.75, 3.05) is 13.0 Å². The molecule has 2 saturated heterocycles. The third-order valence-electron chi connectivity index (χ3n) is 2.49. The summed E-state index contributed by atoms with van der Waals surface area (Å²) in [6, 6.07) is 0. The van der Waals surface area contributed by atoms with Gasteiger partial charge in [0, 0.05) is 7.11 Å². The third kappa shape index (κ3) is 1.66. The second-order valence-corrected chi connectivity index (χ2v) is 4.31. The molecule has 1 unspecified atom stereocenters. The third-order valence-corrected chi connectivity index (χ3v) is 2.80. The van der Waals surface area contributed by atoms with Crippen molar-refractivity contribution in [3.8, 4) is 0 Å². The van der Waals surface area contributed by atoms with Crippen molar-refractivity contribution in [1.82, 2.24) is 0 Å². The molecule has 0 N–H and O–H groups in total. The maximum atomic E-state index is 5.77. The molecule has 2 heterocycles. The van der Waals surface area contributed by atoms with E-state index in [1.165, 1.54) is 0 Å². The lowest BCUT2D eigenvalue weighted by molar-refractivity contribution is -0.224. The smallest absolute Gasteiger partial charge is 0.186 e. The van der Waals surface area contributed by atoms with Crippen LogP contribution in [0.4, 0.5) is 0 Å². The zero-order valence-electron chi connectivity index (χ0n) is 8.53. The zero-order valence-corrected chi connectivity index (χ0v) is 9.28. The van der Waals surface area contributed by atoms with Gasteiger partial charge in [-0.3, -0.25) is 0 Å². The van der Waals surface area contributed by atoms with E-state index in [0.717, 1.165) is 0 Å². The number of alkyl halides is 1. The van der Waals surface area contributed by atoms with Gasteiger partial charge in [0.15, 0.2) is 12.1 Å². The van der Waals surface area contributed by atoms with Gasteiger partial charge in [-0.15, -0.1) is 11.6 Å². The number of rotatable bonds is 2. The predicted octanol–water partition coefficient (Wildman–Crippen LogP) is 1.12. The summed E-state index contributed by atoms with van der Waals surface area (Å²) >= 11 is 5.77. The summed E-state index contributed by atoms with van der Waals surface area (Å²) in [4.78, 5) is 0. The fourth-order valence-corrected chi connectivity index (χ4v) is 2.20. The molecule has 4 nitrogen and oxygen atoms in total. The minimum atomic E-state index is -0.569. The van der Waals surface area contributed by atoms with E-state index < -0.39 is 5.79 Å². The average Bonchev–Trinajstić information content (AvgIpc) is 2.57. The Labute approximate surface area is 88.4 Å². The highest BCUT2D eigenvalue weighted by Gasteiger charge is 2.55. The van der Waals surface area contributed by atoms with E-state index in [0.29, 0.717) is 5.88 Å². The normalized spacial score (nSPS) is 45.4. The molecule has 0 bridgehead atoms. The molecule has 2 rings (SSSR count). The van der Waals surface area contributed by atoms with E-state index in [2.05, 4.69) is 0 Å². The van der Waals surface area contributed by atoms with E-state index in [-0.39, 0.29) is 24.6 Å². The van der Waals surface area contributed by atoms with Gasteiger partial charge in [-0.05, 0) is 13.8 Å². The van der Waals surface area contributed by atoms with Crippen molar-refractivity contribution < 1.29 is 18.9 Å². The fraction of sp³-hybridized carbons (Fsp3) is 1.00. The molecular weight excluding hydrogens is 208 g/mol. The lowest BCUT2D eigenvalue weighted by atomic mass is 10.2. The molecule has 2 aliphatic heterocycles. The lowest BCUT2D eigenvalue weighted by Gasteiger charge is -2.22. The van der Waals surface area contributed by atoms with Crippen LogP contribution in [-0.2, 0) is 18.9 Å². The quantitative estimate of drug-likeness (QED) is 0.656. The topological polar surface area (TPSA) is 36.9 Å². The summed E-state index contributed by atoms with van der Waals surface area (Å²) in [6.07, 6.45) is -0.801. The Balaban J connectivity index is 2.12. The van der Waals surface area contributed by atoms with Crippen LogP contribution in [0.1, 0.15) is 13.8 Å². The molecule has 0 spiro atoms. The molecular formula is C9H15ClO4. The van der Waals surface area contributed by atoms with Crippen LogP contribution >= 0.6 is 11.6 Å². The Kier molecular flexibility index (Phi) is 2.74. The van der Waals surface area contributed by atoms with Crippen LogP contribution in [0.2, 0.25) is 0 Å². The van der Waals surface area contributed by atoms with Gasteiger partial charge in [-0.1, -0.05) is 0 Å². The fourth-order valence-electron chi connectivity index (χ4n) is 1.96. The molecule has 0 aromatic heterocycles. The van der Waals surface area contributed by atoms with E-state index in [4.69, 9.17) is 30.5 Å². The summed E-state index contributed by atoms with van der Waals surface area (Å²) in [6.45, 7) is 3.76. The molecule has 0 amide bonds. The highest BCUT2D eigenvalue weighted by molar-refractivity contribution is 6.18. The molecule has 5 heteroatoms. The average molecular weight is 223 g/mol. The number of hydrogen-bond donors (Lipinski definition) is 0. The Morgan fingerprint density at radius 2 is 1.93 bits per heavy atom. The van der Waals surface area contributed by atoms with Gasteiger partial charge in [0.25, 0.3) is 0 Å². The summed E-state index contributed by atoms with van der Waals surface area (Å²) in [5.41, 5.74) is 0. The van der Waals surface area contributed by atoms with Crippen LogP contribution in [0.3, 0.4) is 0 Å². The largest absolute Gasteiger partial charge is 0.353 e. The van der Waals surface area contributed by atoms with Gasteiger partial charge < -0.3 is 18.9 Å². The molecule has 0 aromatic carbocycles. The van der Waals surface area contributed by atoms with E-state index in [1.54, 1.807) is 7.11 Å². The molecule has 0 aromatic rings. The van der Waals surface area contributed by atoms with Crippen molar-refractivity contribution in [3.63, 3.8) is 0 Å². The van der Waals surface area contributed by atoms with Crippen molar-refractivity contribution in [2.45, 2.75) is 44.2 Å². The van der Waals surface area contributed by atoms with Crippen molar-refractivity contribution in [2.24, 2.45) is 0 Å². The number of methoxy groups -OCH3 is 1. The summed E-state index contributed by atoms with van der Waals surface area (Å²) in [5, 5.41) is 0.